The lowest BCUT2D eigenvalue weighted by atomic mass is 10.2. The van der Waals surface area contributed by atoms with E-state index in [9.17, 15) is 26.4 Å². The number of nitrogens with one attached hydrogen (secondary N) is 1. The van der Waals surface area contributed by atoms with Crippen LogP contribution in [-0.4, -0.2) is 37.1 Å². The quantitative estimate of drug-likeness (QED) is 0.512. The molecule has 0 aromatic heterocycles. The molecule has 2 aromatic carbocycles. The second-order valence-corrected chi connectivity index (χ2v) is 8.76. The van der Waals surface area contributed by atoms with Crippen LogP contribution in [-0.2, 0) is 26.2 Å². The largest absolute Gasteiger partial charge is 0.490 e. The van der Waals surface area contributed by atoms with Crippen molar-refractivity contribution in [3.63, 3.8) is 0 Å². The van der Waals surface area contributed by atoms with Crippen molar-refractivity contribution in [2.75, 3.05) is 0 Å². The van der Waals surface area contributed by atoms with E-state index in [-0.39, 0.29) is 10.8 Å². The molecule has 0 aliphatic heterocycles. The van der Waals surface area contributed by atoms with Crippen LogP contribution < -0.4 is 15.2 Å². The van der Waals surface area contributed by atoms with Crippen LogP contribution in [0.3, 0.4) is 0 Å². The average Bonchev–Trinajstić information content (AvgIpc) is 3.45. The van der Waals surface area contributed by atoms with E-state index in [2.05, 4.69) is 6.58 Å². The van der Waals surface area contributed by atoms with Crippen LogP contribution in [0.4, 0.5) is 13.2 Å². The Labute approximate surface area is 187 Å². The molecule has 1 saturated carbocycles. The zero-order valence-electron chi connectivity index (χ0n) is 17.1. The molecule has 2 aromatic rings. The van der Waals surface area contributed by atoms with Crippen LogP contribution >= 0.6 is 0 Å². The van der Waals surface area contributed by atoms with Gasteiger partial charge in [0.25, 0.3) is 15.9 Å². The van der Waals surface area contributed by atoms with Crippen molar-refractivity contribution in [1.82, 2.24) is 4.72 Å². The summed E-state index contributed by atoms with van der Waals surface area (Å²) in [5.74, 6) is -3.30. The Kier molecular flexibility index (Phi) is 7.88. The van der Waals surface area contributed by atoms with Gasteiger partial charge in [-0.3, -0.25) is 4.79 Å². The number of benzene rings is 2. The highest BCUT2D eigenvalue weighted by Crippen LogP contribution is 2.42. The Morgan fingerprint density at radius 3 is 2.33 bits per heavy atom. The number of ether oxygens (including phenoxy) is 1. The van der Waals surface area contributed by atoms with Crippen molar-refractivity contribution < 1.29 is 41.0 Å². The molecule has 8 nitrogen and oxygen atoms in total. The minimum atomic E-state index is -5.08. The first kappa shape index (κ1) is 25.9. The number of carbonyl (C=O) groups excluding carboxylic acids is 1. The first-order valence-electron chi connectivity index (χ1n) is 9.35. The molecule has 0 spiro atoms. The highest BCUT2D eigenvalue weighted by atomic mass is 32.2. The number of aliphatic carboxylic acids is 1. The van der Waals surface area contributed by atoms with Crippen molar-refractivity contribution in [3.8, 4) is 5.75 Å². The van der Waals surface area contributed by atoms with E-state index in [0.29, 0.717) is 18.8 Å². The second-order valence-electron chi connectivity index (χ2n) is 7.07. The average molecular weight is 486 g/mol. The minimum Gasteiger partial charge on any atom is -0.489 e. The molecule has 3 rings (SSSR count). The van der Waals surface area contributed by atoms with Crippen molar-refractivity contribution in [1.29, 1.82) is 0 Å². The second kappa shape index (κ2) is 10.0. The molecular formula is C21H21F3N2O6S. The summed E-state index contributed by atoms with van der Waals surface area (Å²) in [6.07, 6.45) is -3.14. The smallest absolute Gasteiger partial charge is 0.489 e. The van der Waals surface area contributed by atoms with Gasteiger partial charge < -0.3 is 15.6 Å². The maximum atomic E-state index is 12.5. The summed E-state index contributed by atoms with van der Waals surface area (Å²) >= 11 is 0. The van der Waals surface area contributed by atoms with Crippen LogP contribution in [0.1, 0.15) is 12.0 Å². The maximum absolute atomic E-state index is 12.5. The number of hydrogen-bond acceptors (Lipinski definition) is 6. The van der Waals surface area contributed by atoms with Gasteiger partial charge in [0.15, 0.2) is 0 Å². The molecule has 2 atom stereocenters. The van der Waals surface area contributed by atoms with Gasteiger partial charge in [0, 0.05) is 12.0 Å². The molecule has 0 heterocycles. The molecule has 0 bridgehead atoms. The predicted octanol–water partition coefficient (Wildman–Crippen LogP) is 2.61. The molecule has 12 heteroatoms. The van der Waals surface area contributed by atoms with E-state index < -0.39 is 33.6 Å². The number of hydrogen-bond donors (Lipinski definition) is 3. The summed E-state index contributed by atoms with van der Waals surface area (Å²) in [5.41, 5.74) is 5.66. The molecule has 1 amide bonds. The fourth-order valence-electron chi connectivity index (χ4n) is 2.61. The van der Waals surface area contributed by atoms with Gasteiger partial charge in [-0.25, -0.2) is 17.9 Å². The third kappa shape index (κ3) is 7.05. The Balaban J connectivity index is 0.000000479. The SMILES string of the molecule is C=C[C@@H]1C[C@]1(N)C(=O)NS(=O)(=O)c1cccc(OCc2ccccc2)c1.O=C(O)C(F)(F)F. The highest BCUT2D eigenvalue weighted by Gasteiger charge is 2.56. The molecule has 1 fully saturated rings. The Bertz CT molecular complexity index is 1120. The number of carboxylic acid groups (broad SMARTS) is 1. The molecular weight excluding hydrogens is 465 g/mol. The lowest BCUT2D eigenvalue weighted by Crippen LogP contribution is -2.46. The predicted molar refractivity (Wildman–Crippen MR) is 111 cm³/mol. The van der Waals surface area contributed by atoms with E-state index in [1.54, 1.807) is 18.2 Å². The monoisotopic (exact) mass is 486 g/mol. The first-order valence-corrected chi connectivity index (χ1v) is 10.8. The van der Waals surface area contributed by atoms with Crippen LogP contribution in [0, 0.1) is 5.92 Å². The van der Waals surface area contributed by atoms with Gasteiger partial charge >= 0.3 is 12.1 Å². The lowest BCUT2D eigenvalue weighted by Gasteiger charge is -2.13. The minimum absolute atomic E-state index is 0.0594. The molecule has 1 aliphatic rings. The summed E-state index contributed by atoms with van der Waals surface area (Å²) in [5, 5.41) is 7.12. The third-order valence-corrected chi connectivity index (χ3v) is 5.93. The summed E-state index contributed by atoms with van der Waals surface area (Å²) in [6.45, 7) is 3.90. The van der Waals surface area contributed by atoms with E-state index in [1.807, 2.05) is 35.1 Å². The molecule has 4 N–H and O–H groups in total. The molecule has 178 valence electrons. The van der Waals surface area contributed by atoms with Gasteiger partial charge in [-0.05, 0) is 24.1 Å². The van der Waals surface area contributed by atoms with Crippen LogP contribution in [0.5, 0.6) is 5.75 Å². The number of nitrogens with two attached hydrogens (primary N) is 1. The van der Waals surface area contributed by atoms with Gasteiger partial charge in [0.1, 0.15) is 17.9 Å². The number of sulfonamides is 1. The van der Waals surface area contributed by atoms with Gasteiger partial charge in [0.2, 0.25) is 0 Å². The van der Waals surface area contributed by atoms with Crippen LogP contribution in [0.15, 0.2) is 72.1 Å². The topological polar surface area (TPSA) is 136 Å². The fraction of sp³-hybridized carbons (Fsp3) is 0.238. The normalized spacial score (nSPS) is 19.5. The van der Waals surface area contributed by atoms with Crippen LogP contribution in [0.2, 0.25) is 0 Å². The van der Waals surface area contributed by atoms with E-state index in [1.165, 1.54) is 12.1 Å². The fourth-order valence-corrected chi connectivity index (χ4v) is 3.69. The van der Waals surface area contributed by atoms with Crippen molar-refractivity contribution in [2.24, 2.45) is 11.7 Å². The number of carboxylic acids is 1. The lowest BCUT2D eigenvalue weighted by molar-refractivity contribution is -0.192. The Morgan fingerprint density at radius 1 is 1.21 bits per heavy atom. The van der Waals surface area contributed by atoms with Crippen molar-refractivity contribution in [3.05, 3.63) is 72.8 Å². The number of alkyl halides is 3. The van der Waals surface area contributed by atoms with E-state index in [4.69, 9.17) is 20.4 Å². The third-order valence-electron chi connectivity index (χ3n) is 4.60. The van der Waals surface area contributed by atoms with E-state index in [0.717, 1.165) is 5.56 Å². The Hall–Kier alpha value is -3.38. The Morgan fingerprint density at radius 2 is 1.82 bits per heavy atom. The summed E-state index contributed by atoms with van der Waals surface area (Å²) < 4.78 is 64.4. The molecule has 0 radical (unpaired) electrons. The van der Waals surface area contributed by atoms with Gasteiger partial charge in [-0.15, -0.1) is 6.58 Å². The number of amides is 1. The van der Waals surface area contributed by atoms with Crippen molar-refractivity contribution >= 4 is 21.9 Å². The molecule has 33 heavy (non-hydrogen) atoms. The van der Waals surface area contributed by atoms with Crippen LogP contribution in [0.25, 0.3) is 0 Å². The number of halogens is 3. The van der Waals surface area contributed by atoms with Gasteiger partial charge in [-0.1, -0.05) is 42.5 Å². The molecule has 0 unspecified atom stereocenters. The number of carbonyl (C=O) groups is 2. The zero-order valence-corrected chi connectivity index (χ0v) is 17.9. The summed E-state index contributed by atoms with van der Waals surface area (Å²) in [4.78, 5) is 21.0. The van der Waals surface area contributed by atoms with Gasteiger partial charge in [0.05, 0.1) is 4.90 Å². The standard InChI is InChI=1S/C19H20N2O4S.C2HF3O2/c1-2-15-12-19(15,20)18(22)21-26(23,24)17-10-6-9-16(11-17)25-13-14-7-4-3-5-8-14;3-2(4,5)1(6)7/h2-11,15H,1,12-13,20H2,(H,21,22);(H,6,7)/t15-,19-;/m1./s1. The molecule has 0 saturated heterocycles. The zero-order chi connectivity index (χ0) is 24.9. The van der Waals surface area contributed by atoms with Gasteiger partial charge in [-0.2, -0.15) is 13.2 Å². The maximum Gasteiger partial charge on any atom is 0.490 e. The highest BCUT2D eigenvalue weighted by molar-refractivity contribution is 7.90. The summed E-state index contributed by atoms with van der Waals surface area (Å²) in [6, 6.07) is 15.5. The number of rotatable bonds is 7. The first-order chi connectivity index (χ1) is 15.3. The van der Waals surface area contributed by atoms with Crippen molar-refractivity contribution in [2.45, 2.75) is 29.6 Å². The molecule has 1 aliphatic carbocycles. The van der Waals surface area contributed by atoms with E-state index >= 15 is 0 Å². The summed E-state index contributed by atoms with van der Waals surface area (Å²) in [7, 11) is -4.03.